The Bertz CT molecular complexity index is 624. The lowest BCUT2D eigenvalue weighted by Crippen LogP contribution is -2.36. The van der Waals surface area contributed by atoms with Crippen molar-refractivity contribution < 1.29 is 13.2 Å². The molecule has 0 radical (unpaired) electrons. The van der Waals surface area contributed by atoms with Crippen LogP contribution in [0.5, 0.6) is 0 Å². The Hall–Kier alpha value is -1.76. The summed E-state index contributed by atoms with van der Waals surface area (Å²) in [6, 6.07) is 6.60. The van der Waals surface area contributed by atoms with E-state index >= 15 is 0 Å². The maximum Gasteiger partial charge on any atom is 0.319 e. The van der Waals surface area contributed by atoms with Crippen LogP contribution < -0.4 is 14.9 Å². The maximum atomic E-state index is 12.0. The average Bonchev–Trinajstić information content (AvgIpc) is 3.13. The van der Waals surface area contributed by atoms with Gasteiger partial charge in [-0.05, 0) is 38.8 Å². The quantitative estimate of drug-likeness (QED) is 0.874. The lowest BCUT2D eigenvalue weighted by atomic mass is 10.2. The minimum atomic E-state index is -3.37. The predicted octanol–water partition coefficient (Wildman–Crippen LogP) is 2.14. The Morgan fingerprint density at radius 1 is 1.29 bits per heavy atom. The third kappa shape index (κ3) is 4.10. The van der Waals surface area contributed by atoms with Crippen molar-refractivity contribution in [1.82, 2.24) is 5.32 Å². The summed E-state index contributed by atoms with van der Waals surface area (Å²) in [4.78, 5) is 11.8. The summed E-state index contributed by atoms with van der Waals surface area (Å²) in [5.74, 6) is 0. The third-order valence-corrected chi connectivity index (χ3v) is 4.25. The Kier molecular flexibility index (Phi) is 4.41. The highest BCUT2D eigenvalue weighted by Crippen LogP contribution is 2.37. The number of amides is 2. The molecule has 0 aliphatic heterocycles. The number of nitrogens with zero attached hydrogens (tertiary/aromatic N) is 1. The molecule has 0 spiro atoms. The standard InChI is InChI=1S/C14H21N3O3S/c1-10(2)15-14(18)16-12-6-4-5-7-13(12)17(11-8-9-11)21(3,19)20/h4-7,10-11H,8-9H2,1-3H3,(H2,15,16,18). The molecule has 6 nitrogen and oxygen atoms in total. The average molecular weight is 311 g/mol. The van der Waals surface area contributed by atoms with Gasteiger partial charge in [0.15, 0.2) is 0 Å². The van der Waals surface area contributed by atoms with E-state index in [0.29, 0.717) is 11.4 Å². The fourth-order valence-electron chi connectivity index (χ4n) is 2.15. The zero-order valence-electron chi connectivity index (χ0n) is 12.5. The molecule has 0 unspecified atom stereocenters. The van der Waals surface area contributed by atoms with E-state index in [1.807, 2.05) is 13.8 Å². The summed E-state index contributed by atoms with van der Waals surface area (Å²) in [6.07, 6.45) is 2.88. The molecule has 0 saturated heterocycles. The summed E-state index contributed by atoms with van der Waals surface area (Å²) < 4.78 is 25.5. The lowest BCUT2D eigenvalue weighted by Gasteiger charge is -2.25. The zero-order chi connectivity index (χ0) is 15.6. The molecule has 0 aromatic heterocycles. The van der Waals surface area contributed by atoms with Crippen molar-refractivity contribution in [2.24, 2.45) is 0 Å². The molecule has 1 aromatic carbocycles. The Morgan fingerprint density at radius 2 is 1.90 bits per heavy atom. The molecule has 0 bridgehead atoms. The lowest BCUT2D eigenvalue weighted by molar-refractivity contribution is 0.250. The summed E-state index contributed by atoms with van der Waals surface area (Å²) in [5.41, 5.74) is 1.01. The third-order valence-electron chi connectivity index (χ3n) is 3.05. The molecule has 2 rings (SSSR count). The fraction of sp³-hybridized carbons (Fsp3) is 0.500. The highest BCUT2D eigenvalue weighted by Gasteiger charge is 2.36. The van der Waals surface area contributed by atoms with Crippen molar-refractivity contribution in [3.63, 3.8) is 0 Å². The number of urea groups is 1. The SMILES string of the molecule is CC(C)NC(=O)Nc1ccccc1N(C1CC1)S(C)(=O)=O. The second kappa shape index (κ2) is 5.93. The van der Waals surface area contributed by atoms with Crippen LogP contribution in [0.25, 0.3) is 0 Å². The van der Waals surface area contributed by atoms with Crippen molar-refractivity contribution in [2.45, 2.75) is 38.8 Å². The van der Waals surface area contributed by atoms with Crippen molar-refractivity contribution in [2.75, 3.05) is 15.9 Å². The first-order valence-electron chi connectivity index (χ1n) is 6.95. The minimum Gasteiger partial charge on any atom is -0.336 e. The van der Waals surface area contributed by atoms with Crippen LogP contribution in [0.15, 0.2) is 24.3 Å². The molecule has 2 amide bonds. The molecule has 0 heterocycles. The molecule has 1 aliphatic rings. The van der Waals surface area contributed by atoms with E-state index in [9.17, 15) is 13.2 Å². The van der Waals surface area contributed by atoms with E-state index < -0.39 is 10.0 Å². The van der Waals surface area contributed by atoms with Crippen LogP contribution in [0.4, 0.5) is 16.2 Å². The molecule has 2 N–H and O–H groups in total. The number of para-hydroxylation sites is 2. The highest BCUT2D eigenvalue weighted by atomic mass is 32.2. The Labute approximate surface area is 125 Å². The molecule has 7 heteroatoms. The van der Waals surface area contributed by atoms with Crippen LogP contribution in [-0.4, -0.2) is 32.8 Å². The van der Waals surface area contributed by atoms with Gasteiger partial charge in [-0.15, -0.1) is 0 Å². The van der Waals surface area contributed by atoms with Gasteiger partial charge in [-0.2, -0.15) is 0 Å². The summed E-state index contributed by atoms with van der Waals surface area (Å²) >= 11 is 0. The number of nitrogens with one attached hydrogen (secondary N) is 2. The van der Waals surface area contributed by atoms with Crippen LogP contribution >= 0.6 is 0 Å². The molecule has 116 valence electrons. The smallest absolute Gasteiger partial charge is 0.319 e. The van der Waals surface area contributed by atoms with Crippen LogP contribution in [0.3, 0.4) is 0 Å². The second-order valence-electron chi connectivity index (χ2n) is 5.56. The molecular formula is C14H21N3O3S. The summed E-state index contributed by atoms with van der Waals surface area (Å²) in [7, 11) is -3.37. The van der Waals surface area contributed by atoms with E-state index in [1.54, 1.807) is 24.3 Å². The van der Waals surface area contributed by atoms with Crippen LogP contribution in [0.2, 0.25) is 0 Å². The monoisotopic (exact) mass is 311 g/mol. The van der Waals surface area contributed by atoms with Crippen molar-refractivity contribution >= 4 is 27.4 Å². The molecular weight excluding hydrogens is 290 g/mol. The van der Waals surface area contributed by atoms with Gasteiger partial charge in [0.25, 0.3) is 0 Å². The molecule has 0 atom stereocenters. The first-order chi connectivity index (χ1) is 9.79. The van der Waals surface area contributed by atoms with Gasteiger partial charge in [0.2, 0.25) is 10.0 Å². The van der Waals surface area contributed by atoms with Gasteiger partial charge in [0, 0.05) is 12.1 Å². The van der Waals surface area contributed by atoms with Crippen molar-refractivity contribution in [3.8, 4) is 0 Å². The van der Waals surface area contributed by atoms with E-state index in [0.717, 1.165) is 12.8 Å². The van der Waals surface area contributed by atoms with E-state index in [4.69, 9.17) is 0 Å². The number of carbonyl (C=O) groups excluding carboxylic acids is 1. The van der Waals surface area contributed by atoms with Crippen LogP contribution in [0, 0.1) is 0 Å². The zero-order valence-corrected chi connectivity index (χ0v) is 13.3. The topological polar surface area (TPSA) is 78.5 Å². The molecule has 21 heavy (non-hydrogen) atoms. The number of carbonyl (C=O) groups is 1. The van der Waals surface area contributed by atoms with Gasteiger partial charge in [-0.25, -0.2) is 13.2 Å². The van der Waals surface area contributed by atoms with Crippen molar-refractivity contribution in [3.05, 3.63) is 24.3 Å². The normalized spacial score (nSPS) is 14.9. The summed E-state index contributed by atoms with van der Waals surface area (Å²) in [6.45, 7) is 3.72. The predicted molar refractivity (Wildman–Crippen MR) is 84.1 cm³/mol. The highest BCUT2D eigenvalue weighted by molar-refractivity contribution is 7.92. The van der Waals surface area contributed by atoms with Crippen LogP contribution in [0.1, 0.15) is 26.7 Å². The molecule has 1 saturated carbocycles. The second-order valence-corrected chi connectivity index (χ2v) is 7.42. The number of hydrogen-bond acceptors (Lipinski definition) is 3. The van der Waals surface area contributed by atoms with E-state index in [1.165, 1.54) is 10.6 Å². The Balaban J connectivity index is 2.29. The Morgan fingerprint density at radius 3 is 2.43 bits per heavy atom. The molecule has 1 fully saturated rings. The van der Waals surface area contributed by atoms with Gasteiger partial charge >= 0.3 is 6.03 Å². The van der Waals surface area contributed by atoms with Gasteiger partial charge in [0.05, 0.1) is 17.6 Å². The fourth-order valence-corrected chi connectivity index (χ4v) is 3.42. The number of anilines is 2. The number of sulfonamides is 1. The van der Waals surface area contributed by atoms with Gasteiger partial charge < -0.3 is 10.6 Å². The van der Waals surface area contributed by atoms with E-state index in [-0.39, 0.29) is 18.1 Å². The number of hydrogen-bond donors (Lipinski definition) is 2. The molecule has 1 aromatic rings. The first kappa shape index (κ1) is 15.6. The summed E-state index contributed by atoms with van der Waals surface area (Å²) in [5, 5.41) is 5.44. The van der Waals surface area contributed by atoms with E-state index in [2.05, 4.69) is 10.6 Å². The minimum absolute atomic E-state index is 0.00360. The largest absolute Gasteiger partial charge is 0.336 e. The first-order valence-corrected chi connectivity index (χ1v) is 8.80. The number of benzene rings is 1. The number of rotatable bonds is 5. The van der Waals surface area contributed by atoms with Gasteiger partial charge in [-0.3, -0.25) is 4.31 Å². The molecule has 1 aliphatic carbocycles. The maximum absolute atomic E-state index is 12.0. The van der Waals surface area contributed by atoms with Gasteiger partial charge in [0.1, 0.15) is 0 Å². The van der Waals surface area contributed by atoms with Crippen LogP contribution in [-0.2, 0) is 10.0 Å². The van der Waals surface area contributed by atoms with Crippen molar-refractivity contribution in [1.29, 1.82) is 0 Å². The van der Waals surface area contributed by atoms with Gasteiger partial charge in [-0.1, -0.05) is 12.1 Å².